The summed E-state index contributed by atoms with van der Waals surface area (Å²) in [7, 11) is 0. The Hall–Kier alpha value is -2.63. The summed E-state index contributed by atoms with van der Waals surface area (Å²) < 4.78 is 0. The monoisotopic (exact) mass is 327 g/mol. The molecule has 1 unspecified atom stereocenters. The second-order valence-corrected chi connectivity index (χ2v) is 6.30. The average Bonchev–Trinajstić information content (AvgIpc) is 2.75. The van der Waals surface area contributed by atoms with E-state index in [0.717, 1.165) is 22.6 Å². The number of urea groups is 1. The second kappa shape index (κ2) is 6.11. The van der Waals surface area contributed by atoms with Crippen LogP contribution >= 0.6 is 0 Å². The second-order valence-electron chi connectivity index (χ2n) is 6.30. The molecular formula is C18H21N3O3. The van der Waals surface area contributed by atoms with Crippen LogP contribution in [0.15, 0.2) is 30.3 Å². The van der Waals surface area contributed by atoms with Gasteiger partial charge < -0.3 is 10.2 Å². The summed E-state index contributed by atoms with van der Waals surface area (Å²) in [5, 5.41) is 2.67. The highest BCUT2D eigenvalue weighted by atomic mass is 16.2. The molecule has 3 rings (SSSR count). The summed E-state index contributed by atoms with van der Waals surface area (Å²) in [6, 6.07) is 7.12. The van der Waals surface area contributed by atoms with Gasteiger partial charge in [0, 0.05) is 6.54 Å². The molecule has 2 heterocycles. The summed E-state index contributed by atoms with van der Waals surface area (Å²) in [6.07, 6.45) is 5.23. The van der Waals surface area contributed by atoms with Crippen molar-refractivity contribution in [1.82, 2.24) is 10.2 Å². The number of imide groups is 1. The van der Waals surface area contributed by atoms with Gasteiger partial charge >= 0.3 is 6.03 Å². The maximum Gasteiger partial charge on any atom is 0.325 e. The minimum atomic E-state index is -0.921. The van der Waals surface area contributed by atoms with Crippen LogP contribution in [0.2, 0.25) is 0 Å². The quantitative estimate of drug-likeness (QED) is 0.865. The number of hydrogen-bond donors (Lipinski definition) is 1. The number of fused-ring (bicyclic) bond motifs is 1. The number of carbonyl (C=O) groups is 3. The van der Waals surface area contributed by atoms with Gasteiger partial charge in [-0.25, -0.2) is 4.79 Å². The van der Waals surface area contributed by atoms with Crippen molar-refractivity contribution in [3.05, 3.63) is 35.9 Å². The molecule has 0 aromatic heterocycles. The Bertz CT molecular complexity index is 728. The van der Waals surface area contributed by atoms with E-state index in [0.29, 0.717) is 13.0 Å². The van der Waals surface area contributed by atoms with Gasteiger partial charge in [0.25, 0.3) is 5.91 Å². The number of para-hydroxylation sites is 1. The lowest BCUT2D eigenvalue weighted by Gasteiger charge is -2.25. The average molecular weight is 327 g/mol. The Morgan fingerprint density at radius 2 is 2.04 bits per heavy atom. The summed E-state index contributed by atoms with van der Waals surface area (Å²) in [6.45, 7) is 3.80. The molecule has 6 heteroatoms. The van der Waals surface area contributed by atoms with E-state index < -0.39 is 11.6 Å². The van der Waals surface area contributed by atoms with E-state index in [1.165, 1.54) is 0 Å². The normalized spacial score (nSPS) is 23.1. The van der Waals surface area contributed by atoms with Crippen molar-refractivity contribution in [2.75, 3.05) is 18.0 Å². The van der Waals surface area contributed by atoms with Gasteiger partial charge in [-0.05, 0) is 31.4 Å². The van der Waals surface area contributed by atoms with Crippen LogP contribution in [0.1, 0.15) is 32.3 Å². The fraction of sp³-hybridized carbons (Fsp3) is 0.389. The summed E-state index contributed by atoms with van der Waals surface area (Å²) in [5.74, 6) is -0.598. The van der Waals surface area contributed by atoms with Crippen LogP contribution in [-0.4, -0.2) is 41.4 Å². The molecular weight excluding hydrogens is 306 g/mol. The van der Waals surface area contributed by atoms with Gasteiger partial charge in [-0.1, -0.05) is 37.3 Å². The first kappa shape index (κ1) is 16.2. The van der Waals surface area contributed by atoms with E-state index in [4.69, 9.17) is 0 Å². The largest absolute Gasteiger partial charge is 0.325 e. The minimum absolute atomic E-state index is 0.241. The van der Waals surface area contributed by atoms with Gasteiger partial charge in [-0.15, -0.1) is 0 Å². The van der Waals surface area contributed by atoms with Gasteiger partial charge in [-0.3, -0.25) is 14.5 Å². The van der Waals surface area contributed by atoms with Gasteiger partial charge in [0.15, 0.2) is 0 Å². The molecule has 0 bridgehead atoms. The maximum absolute atomic E-state index is 12.8. The third kappa shape index (κ3) is 2.68. The predicted octanol–water partition coefficient (Wildman–Crippen LogP) is 2.16. The molecule has 1 saturated heterocycles. The maximum atomic E-state index is 12.8. The molecule has 2 aliphatic rings. The molecule has 24 heavy (non-hydrogen) atoms. The fourth-order valence-electron chi connectivity index (χ4n) is 3.02. The molecule has 6 nitrogen and oxygen atoms in total. The smallest absolute Gasteiger partial charge is 0.323 e. The topological polar surface area (TPSA) is 69.7 Å². The van der Waals surface area contributed by atoms with Crippen LogP contribution in [0.4, 0.5) is 10.5 Å². The standard InChI is InChI=1S/C18H21N3O3/c1-3-18(2)16(23)21(17(24)19-18)12-15(22)20-11-7-6-9-13-8-4-5-10-14(13)20/h4-6,8-10H,3,7,11-12H2,1-2H3,(H,19,24). The van der Waals surface area contributed by atoms with Crippen molar-refractivity contribution in [1.29, 1.82) is 0 Å². The van der Waals surface area contributed by atoms with Crippen molar-refractivity contribution >= 4 is 29.6 Å². The van der Waals surface area contributed by atoms with E-state index in [1.807, 2.05) is 43.3 Å². The zero-order chi connectivity index (χ0) is 17.3. The Labute approximate surface area is 141 Å². The molecule has 0 aliphatic carbocycles. The highest BCUT2D eigenvalue weighted by Gasteiger charge is 2.47. The number of hydrogen-bond acceptors (Lipinski definition) is 3. The van der Waals surface area contributed by atoms with E-state index in [-0.39, 0.29) is 18.4 Å². The third-order valence-electron chi connectivity index (χ3n) is 4.69. The zero-order valence-corrected chi connectivity index (χ0v) is 13.9. The number of anilines is 1. The Morgan fingerprint density at radius 1 is 1.29 bits per heavy atom. The molecule has 4 amide bonds. The van der Waals surface area contributed by atoms with Gasteiger partial charge in [0.1, 0.15) is 12.1 Å². The Morgan fingerprint density at radius 3 is 2.75 bits per heavy atom. The first-order valence-corrected chi connectivity index (χ1v) is 8.16. The lowest BCUT2D eigenvalue weighted by atomic mass is 9.99. The van der Waals surface area contributed by atoms with Crippen molar-refractivity contribution in [2.24, 2.45) is 0 Å². The van der Waals surface area contributed by atoms with Crippen LogP contribution in [0, 0.1) is 0 Å². The first-order chi connectivity index (χ1) is 11.5. The zero-order valence-electron chi connectivity index (χ0n) is 13.9. The van der Waals surface area contributed by atoms with Gasteiger partial charge in [0.05, 0.1) is 5.69 Å². The number of rotatable bonds is 3. The Kier molecular flexibility index (Phi) is 4.13. The summed E-state index contributed by atoms with van der Waals surface area (Å²) in [5.41, 5.74) is 0.843. The van der Waals surface area contributed by atoms with Crippen LogP contribution in [-0.2, 0) is 9.59 Å². The van der Waals surface area contributed by atoms with Crippen molar-refractivity contribution < 1.29 is 14.4 Å². The first-order valence-electron chi connectivity index (χ1n) is 8.16. The summed E-state index contributed by atoms with van der Waals surface area (Å²) >= 11 is 0. The molecule has 1 fully saturated rings. The number of nitrogens with one attached hydrogen (secondary N) is 1. The lowest BCUT2D eigenvalue weighted by Crippen LogP contribution is -2.45. The SMILES string of the molecule is CCC1(C)NC(=O)N(CC(=O)N2CCC=Cc3ccccc32)C1=O. The van der Waals surface area contributed by atoms with Crippen LogP contribution in [0.3, 0.4) is 0 Å². The van der Waals surface area contributed by atoms with E-state index in [2.05, 4.69) is 5.32 Å². The molecule has 1 aromatic carbocycles. The van der Waals surface area contributed by atoms with E-state index in [9.17, 15) is 14.4 Å². The lowest BCUT2D eigenvalue weighted by molar-refractivity contribution is -0.134. The van der Waals surface area contributed by atoms with Gasteiger partial charge in [0.2, 0.25) is 5.91 Å². The molecule has 0 saturated carbocycles. The fourth-order valence-corrected chi connectivity index (χ4v) is 3.02. The molecule has 1 N–H and O–H groups in total. The molecule has 0 radical (unpaired) electrons. The molecule has 126 valence electrons. The number of amides is 4. The number of carbonyl (C=O) groups excluding carboxylic acids is 3. The van der Waals surface area contributed by atoms with Crippen LogP contribution in [0.5, 0.6) is 0 Å². The molecule has 1 atom stereocenters. The van der Waals surface area contributed by atoms with Gasteiger partial charge in [-0.2, -0.15) is 0 Å². The minimum Gasteiger partial charge on any atom is -0.323 e. The van der Waals surface area contributed by atoms with Crippen LogP contribution in [0.25, 0.3) is 6.08 Å². The van der Waals surface area contributed by atoms with Crippen molar-refractivity contribution in [3.8, 4) is 0 Å². The third-order valence-corrected chi connectivity index (χ3v) is 4.69. The number of benzene rings is 1. The highest BCUT2D eigenvalue weighted by Crippen LogP contribution is 2.26. The molecule has 0 spiro atoms. The molecule has 2 aliphatic heterocycles. The van der Waals surface area contributed by atoms with Crippen molar-refractivity contribution in [2.45, 2.75) is 32.2 Å². The van der Waals surface area contributed by atoms with Crippen molar-refractivity contribution in [3.63, 3.8) is 0 Å². The number of nitrogens with zero attached hydrogens (tertiary/aromatic N) is 2. The van der Waals surface area contributed by atoms with Crippen LogP contribution < -0.4 is 10.2 Å². The van der Waals surface area contributed by atoms with E-state index in [1.54, 1.807) is 11.8 Å². The summed E-state index contributed by atoms with van der Waals surface area (Å²) in [4.78, 5) is 40.0. The predicted molar refractivity (Wildman–Crippen MR) is 91.4 cm³/mol. The Balaban J connectivity index is 1.81. The molecule has 1 aromatic rings. The highest BCUT2D eigenvalue weighted by molar-refractivity contribution is 6.10. The van der Waals surface area contributed by atoms with E-state index >= 15 is 0 Å².